The number of likely N-dealkylation sites (tertiary alicyclic amines) is 1. The maximum Gasteiger partial charge on any atom is 0.252 e. The Kier molecular flexibility index (Phi) is 6.43. The van der Waals surface area contributed by atoms with Crippen LogP contribution in [-0.2, 0) is 6.54 Å². The van der Waals surface area contributed by atoms with E-state index in [1.807, 2.05) is 36.7 Å². The fraction of sp³-hybridized carbons (Fsp3) is 0.393. The zero-order chi connectivity index (χ0) is 24.5. The number of carbonyl (C=O) groups excluding carboxylic acids is 1. The normalized spacial score (nSPS) is 15.2. The molecule has 0 radical (unpaired) electrons. The lowest BCUT2D eigenvalue weighted by Crippen LogP contribution is -2.44. The topological polar surface area (TPSA) is 76.2 Å². The Balaban J connectivity index is 1.37. The number of pyridine rings is 1. The smallest absolute Gasteiger partial charge is 0.252 e. The van der Waals surface area contributed by atoms with Gasteiger partial charge in [-0.05, 0) is 58.2 Å². The second-order valence-electron chi connectivity index (χ2n) is 9.81. The number of aryl methyl sites for hydroxylation is 2. The first kappa shape index (κ1) is 23.3. The van der Waals surface area contributed by atoms with Crippen LogP contribution in [0.5, 0.6) is 0 Å². The average Bonchev–Trinajstić information content (AvgIpc) is 3.42. The molecule has 0 bridgehead atoms. The molecule has 0 spiro atoms. The molecule has 1 N–H and O–H groups in total. The molecule has 0 saturated carbocycles. The van der Waals surface area contributed by atoms with Gasteiger partial charge in [0.25, 0.3) is 5.91 Å². The third-order valence-corrected chi connectivity index (χ3v) is 6.79. The molecule has 35 heavy (non-hydrogen) atoms. The molecule has 4 aromatic rings. The molecular weight excluding hydrogens is 438 g/mol. The van der Waals surface area contributed by atoms with Crippen molar-refractivity contribution < 1.29 is 9.21 Å². The number of furan rings is 1. The molecule has 7 nitrogen and oxygen atoms in total. The van der Waals surface area contributed by atoms with Gasteiger partial charge in [-0.25, -0.2) is 9.67 Å². The molecule has 1 saturated heterocycles. The SMILES string of the molecule is Cc1cc(-c2cc(C(=O)NC3CCN(Cc4ccccc4)CC3)c3cnn(C(C)C)c3n2)c(C)o1. The van der Waals surface area contributed by atoms with Crippen LogP contribution in [0.2, 0.25) is 0 Å². The lowest BCUT2D eigenvalue weighted by atomic mass is 10.0. The first-order chi connectivity index (χ1) is 16.9. The third kappa shape index (κ3) is 4.86. The maximum atomic E-state index is 13.5. The van der Waals surface area contributed by atoms with E-state index in [9.17, 15) is 4.79 Å². The number of fused-ring (bicyclic) bond motifs is 1. The Morgan fingerprint density at radius 3 is 2.54 bits per heavy atom. The highest BCUT2D eigenvalue weighted by atomic mass is 16.3. The second-order valence-corrected chi connectivity index (χ2v) is 9.81. The lowest BCUT2D eigenvalue weighted by molar-refractivity contribution is 0.0910. The summed E-state index contributed by atoms with van der Waals surface area (Å²) in [5.74, 6) is 1.55. The number of carbonyl (C=O) groups is 1. The van der Waals surface area contributed by atoms with Crippen molar-refractivity contribution in [2.75, 3.05) is 13.1 Å². The minimum absolute atomic E-state index is 0.0682. The third-order valence-electron chi connectivity index (χ3n) is 6.79. The largest absolute Gasteiger partial charge is 0.466 e. The summed E-state index contributed by atoms with van der Waals surface area (Å²) < 4.78 is 7.62. The van der Waals surface area contributed by atoms with Gasteiger partial charge >= 0.3 is 0 Å². The van der Waals surface area contributed by atoms with E-state index in [1.165, 1.54) is 5.56 Å². The highest BCUT2D eigenvalue weighted by Gasteiger charge is 2.24. The van der Waals surface area contributed by atoms with E-state index in [0.29, 0.717) is 5.56 Å². The van der Waals surface area contributed by atoms with Crippen molar-refractivity contribution in [1.82, 2.24) is 25.0 Å². The molecule has 1 fully saturated rings. The van der Waals surface area contributed by atoms with E-state index in [2.05, 4.69) is 53.4 Å². The van der Waals surface area contributed by atoms with Crippen molar-refractivity contribution in [3.05, 3.63) is 71.3 Å². The van der Waals surface area contributed by atoms with Crippen LogP contribution in [0.25, 0.3) is 22.3 Å². The second kappa shape index (κ2) is 9.66. The molecule has 0 atom stereocenters. The molecule has 1 amide bonds. The Labute approximate surface area is 206 Å². The van der Waals surface area contributed by atoms with Crippen molar-refractivity contribution in [3.63, 3.8) is 0 Å². The van der Waals surface area contributed by atoms with Crippen molar-refractivity contribution in [2.45, 2.75) is 59.2 Å². The molecule has 0 unspecified atom stereocenters. The lowest BCUT2D eigenvalue weighted by Gasteiger charge is -2.32. The molecule has 7 heteroatoms. The van der Waals surface area contributed by atoms with E-state index in [4.69, 9.17) is 9.40 Å². The number of hydrogen-bond donors (Lipinski definition) is 1. The average molecular weight is 472 g/mol. The Morgan fingerprint density at radius 2 is 1.89 bits per heavy atom. The zero-order valence-electron chi connectivity index (χ0n) is 20.9. The minimum Gasteiger partial charge on any atom is -0.466 e. The summed E-state index contributed by atoms with van der Waals surface area (Å²) in [5, 5.41) is 8.61. The summed E-state index contributed by atoms with van der Waals surface area (Å²) in [6.07, 6.45) is 3.63. The van der Waals surface area contributed by atoms with Gasteiger partial charge in [0.2, 0.25) is 0 Å². The Hall–Kier alpha value is -3.45. The van der Waals surface area contributed by atoms with Gasteiger partial charge in [-0.2, -0.15) is 5.10 Å². The first-order valence-corrected chi connectivity index (χ1v) is 12.4. The van der Waals surface area contributed by atoms with Crippen LogP contribution in [0.1, 0.15) is 60.2 Å². The van der Waals surface area contributed by atoms with E-state index in [1.54, 1.807) is 6.20 Å². The van der Waals surface area contributed by atoms with E-state index < -0.39 is 0 Å². The monoisotopic (exact) mass is 471 g/mol. The maximum absolute atomic E-state index is 13.5. The Bertz CT molecular complexity index is 1330. The molecular formula is C28H33N5O2. The van der Waals surface area contributed by atoms with Crippen LogP contribution in [0.4, 0.5) is 0 Å². The van der Waals surface area contributed by atoms with Crippen LogP contribution >= 0.6 is 0 Å². The summed E-state index contributed by atoms with van der Waals surface area (Å²) in [5.41, 5.74) is 4.30. The van der Waals surface area contributed by atoms with Crippen molar-refractivity contribution in [3.8, 4) is 11.3 Å². The molecule has 5 rings (SSSR count). The molecule has 1 aromatic carbocycles. The van der Waals surface area contributed by atoms with Gasteiger partial charge in [0.1, 0.15) is 11.5 Å². The van der Waals surface area contributed by atoms with Gasteiger partial charge < -0.3 is 9.73 Å². The van der Waals surface area contributed by atoms with Gasteiger partial charge in [-0.1, -0.05) is 30.3 Å². The van der Waals surface area contributed by atoms with Crippen molar-refractivity contribution >= 4 is 16.9 Å². The molecule has 4 heterocycles. The minimum atomic E-state index is -0.0682. The number of nitrogens with zero attached hydrogens (tertiary/aromatic N) is 4. The molecule has 1 aliphatic rings. The summed E-state index contributed by atoms with van der Waals surface area (Å²) in [6, 6.07) is 14.7. The van der Waals surface area contributed by atoms with Gasteiger partial charge in [0.15, 0.2) is 5.65 Å². The first-order valence-electron chi connectivity index (χ1n) is 12.4. The molecule has 182 valence electrons. The van der Waals surface area contributed by atoms with Crippen LogP contribution < -0.4 is 5.32 Å². The highest BCUT2D eigenvalue weighted by molar-refractivity contribution is 6.06. The van der Waals surface area contributed by atoms with E-state index >= 15 is 0 Å². The van der Waals surface area contributed by atoms with Crippen molar-refractivity contribution in [1.29, 1.82) is 0 Å². The summed E-state index contributed by atoms with van der Waals surface area (Å²) in [4.78, 5) is 20.9. The predicted octanol–water partition coefficient (Wildman–Crippen LogP) is 5.28. The molecule has 3 aromatic heterocycles. The molecule has 1 aliphatic heterocycles. The summed E-state index contributed by atoms with van der Waals surface area (Å²) in [7, 11) is 0. The quantitative estimate of drug-likeness (QED) is 0.414. The van der Waals surface area contributed by atoms with Gasteiger partial charge in [0, 0.05) is 37.3 Å². The fourth-order valence-corrected chi connectivity index (χ4v) is 4.95. The van der Waals surface area contributed by atoms with Crippen LogP contribution in [-0.4, -0.2) is 44.7 Å². The van der Waals surface area contributed by atoms with Gasteiger partial charge in [-0.15, -0.1) is 0 Å². The van der Waals surface area contributed by atoms with Gasteiger partial charge in [0.05, 0.1) is 22.8 Å². The number of piperidine rings is 1. The van der Waals surface area contributed by atoms with Crippen LogP contribution in [0.3, 0.4) is 0 Å². The van der Waals surface area contributed by atoms with Gasteiger partial charge in [-0.3, -0.25) is 9.69 Å². The number of nitrogens with one attached hydrogen (secondary N) is 1. The number of benzene rings is 1. The van der Waals surface area contributed by atoms with Crippen LogP contribution in [0.15, 0.2) is 53.1 Å². The van der Waals surface area contributed by atoms with E-state index in [0.717, 1.165) is 66.3 Å². The number of amides is 1. The summed E-state index contributed by atoms with van der Waals surface area (Å²) in [6.45, 7) is 10.9. The zero-order valence-corrected chi connectivity index (χ0v) is 20.9. The number of aromatic nitrogens is 3. The predicted molar refractivity (Wildman–Crippen MR) is 137 cm³/mol. The van der Waals surface area contributed by atoms with E-state index in [-0.39, 0.29) is 18.0 Å². The van der Waals surface area contributed by atoms with Crippen molar-refractivity contribution in [2.24, 2.45) is 0 Å². The Morgan fingerprint density at radius 1 is 1.14 bits per heavy atom. The summed E-state index contributed by atoms with van der Waals surface area (Å²) >= 11 is 0. The highest BCUT2D eigenvalue weighted by Crippen LogP contribution is 2.30. The number of rotatable bonds is 6. The molecule has 0 aliphatic carbocycles. The fourth-order valence-electron chi connectivity index (χ4n) is 4.95. The van der Waals surface area contributed by atoms with Crippen LogP contribution in [0, 0.1) is 13.8 Å². The number of hydrogen-bond acceptors (Lipinski definition) is 5. The standard InChI is InChI=1S/C28H33N5O2/c1-18(2)33-27-25(16-29-33)24(15-26(31-27)23-14-19(3)35-20(23)4)28(34)30-22-10-12-32(13-11-22)17-21-8-6-5-7-9-21/h5-9,14-16,18,22H,10-13,17H2,1-4H3,(H,30,34).